The predicted octanol–water partition coefficient (Wildman–Crippen LogP) is 2.80. The number of halogens is 1. The van der Waals surface area contributed by atoms with Crippen LogP contribution in [0.15, 0.2) is 35.2 Å². The number of aromatic nitrogens is 2. The first-order chi connectivity index (χ1) is 7.33. The zero-order valence-electron chi connectivity index (χ0n) is 7.98. The Balaban J connectivity index is 2.12. The molecule has 0 saturated heterocycles. The van der Waals surface area contributed by atoms with Crippen LogP contribution in [0.5, 0.6) is 0 Å². The molecule has 1 fully saturated rings. The standard InChI is InChI=1S/C11H9ClN2O/c12-9-4-2-1-3-8(9)11(5-6-11)10-13-7-15-14-10/h1-4,7H,5-6H2. The average molecular weight is 221 g/mol. The Morgan fingerprint density at radius 3 is 2.67 bits per heavy atom. The van der Waals surface area contributed by atoms with Crippen LogP contribution in [-0.2, 0) is 5.41 Å². The molecule has 1 saturated carbocycles. The molecule has 15 heavy (non-hydrogen) atoms. The monoisotopic (exact) mass is 220 g/mol. The molecule has 0 N–H and O–H groups in total. The minimum atomic E-state index is -0.0919. The highest BCUT2D eigenvalue weighted by molar-refractivity contribution is 6.31. The van der Waals surface area contributed by atoms with E-state index in [1.54, 1.807) is 0 Å². The average Bonchev–Trinajstić information content (AvgIpc) is 2.87. The van der Waals surface area contributed by atoms with Gasteiger partial charge >= 0.3 is 0 Å². The number of benzene rings is 1. The van der Waals surface area contributed by atoms with E-state index in [1.165, 1.54) is 6.39 Å². The molecule has 1 aliphatic rings. The molecule has 4 heteroatoms. The van der Waals surface area contributed by atoms with Gasteiger partial charge in [0.1, 0.15) is 0 Å². The molecule has 0 bridgehead atoms. The van der Waals surface area contributed by atoms with E-state index in [-0.39, 0.29) is 5.41 Å². The van der Waals surface area contributed by atoms with Crippen molar-refractivity contribution in [1.82, 2.24) is 10.1 Å². The number of nitrogens with zero attached hydrogens (tertiary/aromatic N) is 2. The van der Waals surface area contributed by atoms with Crippen LogP contribution in [0, 0.1) is 0 Å². The first-order valence-electron chi connectivity index (χ1n) is 4.85. The maximum Gasteiger partial charge on any atom is 0.213 e. The van der Waals surface area contributed by atoms with E-state index >= 15 is 0 Å². The minimum Gasteiger partial charge on any atom is -0.343 e. The molecule has 3 nitrogen and oxygen atoms in total. The van der Waals surface area contributed by atoms with Crippen molar-refractivity contribution in [3.8, 4) is 0 Å². The summed E-state index contributed by atoms with van der Waals surface area (Å²) >= 11 is 6.18. The van der Waals surface area contributed by atoms with Crippen molar-refractivity contribution < 1.29 is 4.52 Å². The normalized spacial score (nSPS) is 17.7. The smallest absolute Gasteiger partial charge is 0.213 e. The van der Waals surface area contributed by atoms with E-state index in [1.807, 2.05) is 24.3 Å². The quantitative estimate of drug-likeness (QED) is 0.781. The lowest BCUT2D eigenvalue weighted by Crippen LogP contribution is -2.11. The van der Waals surface area contributed by atoms with Crippen molar-refractivity contribution in [2.45, 2.75) is 18.3 Å². The van der Waals surface area contributed by atoms with Gasteiger partial charge in [0.2, 0.25) is 6.39 Å². The molecule has 0 radical (unpaired) electrons. The fraction of sp³-hybridized carbons (Fsp3) is 0.273. The Kier molecular flexibility index (Phi) is 1.83. The summed E-state index contributed by atoms with van der Waals surface area (Å²) in [7, 11) is 0. The molecule has 0 spiro atoms. The van der Waals surface area contributed by atoms with Gasteiger partial charge < -0.3 is 4.52 Å². The molecule has 0 aliphatic heterocycles. The molecule has 1 aromatic heterocycles. The third-order valence-corrected chi connectivity index (χ3v) is 3.26. The number of rotatable bonds is 2. The lowest BCUT2D eigenvalue weighted by molar-refractivity contribution is 0.406. The minimum absolute atomic E-state index is 0.0919. The highest BCUT2D eigenvalue weighted by Gasteiger charge is 2.50. The van der Waals surface area contributed by atoms with Crippen LogP contribution in [0.4, 0.5) is 0 Å². The largest absolute Gasteiger partial charge is 0.343 e. The van der Waals surface area contributed by atoms with E-state index < -0.39 is 0 Å². The molecular weight excluding hydrogens is 212 g/mol. The van der Waals surface area contributed by atoms with Crippen LogP contribution >= 0.6 is 11.6 Å². The fourth-order valence-corrected chi connectivity index (χ4v) is 2.29. The van der Waals surface area contributed by atoms with Crippen LogP contribution in [0.1, 0.15) is 24.2 Å². The zero-order chi connectivity index (χ0) is 10.3. The molecule has 0 atom stereocenters. The van der Waals surface area contributed by atoms with Crippen molar-refractivity contribution in [1.29, 1.82) is 0 Å². The Morgan fingerprint density at radius 1 is 1.27 bits per heavy atom. The van der Waals surface area contributed by atoms with Crippen molar-refractivity contribution in [3.63, 3.8) is 0 Å². The Bertz CT molecular complexity index is 477. The molecule has 3 rings (SSSR count). The second-order valence-electron chi connectivity index (χ2n) is 3.82. The SMILES string of the molecule is Clc1ccccc1C1(c2ncon2)CC1. The summed E-state index contributed by atoms with van der Waals surface area (Å²) in [5.41, 5.74) is 1.01. The van der Waals surface area contributed by atoms with Crippen LogP contribution in [0.2, 0.25) is 5.02 Å². The third kappa shape index (κ3) is 1.27. The van der Waals surface area contributed by atoms with Gasteiger partial charge in [-0.3, -0.25) is 0 Å². The van der Waals surface area contributed by atoms with E-state index in [9.17, 15) is 0 Å². The summed E-state index contributed by atoms with van der Waals surface area (Å²) in [4.78, 5) is 4.13. The Hall–Kier alpha value is -1.35. The molecule has 1 aromatic carbocycles. The van der Waals surface area contributed by atoms with E-state index in [4.69, 9.17) is 16.1 Å². The molecule has 76 valence electrons. The van der Waals surface area contributed by atoms with Gasteiger partial charge in [-0.1, -0.05) is 35.0 Å². The van der Waals surface area contributed by atoms with Crippen molar-refractivity contribution >= 4 is 11.6 Å². The van der Waals surface area contributed by atoms with Gasteiger partial charge in [0.25, 0.3) is 0 Å². The molecular formula is C11H9ClN2O. The van der Waals surface area contributed by atoms with Crippen LogP contribution in [-0.4, -0.2) is 10.1 Å². The lowest BCUT2D eigenvalue weighted by atomic mass is 9.95. The zero-order valence-corrected chi connectivity index (χ0v) is 8.74. The maximum absolute atomic E-state index is 6.18. The van der Waals surface area contributed by atoms with Gasteiger partial charge in [-0.05, 0) is 24.5 Å². The first kappa shape index (κ1) is 8.92. The van der Waals surface area contributed by atoms with E-state index in [2.05, 4.69) is 10.1 Å². The topological polar surface area (TPSA) is 38.9 Å². The fourth-order valence-electron chi connectivity index (χ4n) is 1.97. The predicted molar refractivity (Wildman–Crippen MR) is 55.8 cm³/mol. The third-order valence-electron chi connectivity index (χ3n) is 2.93. The highest BCUT2D eigenvalue weighted by Crippen LogP contribution is 2.53. The lowest BCUT2D eigenvalue weighted by Gasteiger charge is -2.12. The van der Waals surface area contributed by atoms with Gasteiger partial charge in [0.05, 0.1) is 5.41 Å². The second kappa shape index (κ2) is 3.07. The second-order valence-corrected chi connectivity index (χ2v) is 4.22. The molecule has 2 aromatic rings. The molecule has 0 unspecified atom stereocenters. The summed E-state index contributed by atoms with van der Waals surface area (Å²) in [5.74, 6) is 0.746. The van der Waals surface area contributed by atoms with Crippen LogP contribution in [0.25, 0.3) is 0 Å². The van der Waals surface area contributed by atoms with Gasteiger partial charge in [0.15, 0.2) is 5.82 Å². The molecule has 0 amide bonds. The van der Waals surface area contributed by atoms with Crippen LogP contribution < -0.4 is 0 Å². The summed E-state index contributed by atoms with van der Waals surface area (Å²) in [6.07, 6.45) is 3.44. The van der Waals surface area contributed by atoms with Gasteiger partial charge in [-0.15, -0.1) is 0 Å². The van der Waals surface area contributed by atoms with Crippen molar-refractivity contribution in [3.05, 3.63) is 47.1 Å². The van der Waals surface area contributed by atoms with E-state index in [0.717, 1.165) is 29.3 Å². The summed E-state index contributed by atoms with van der Waals surface area (Å²) in [6.45, 7) is 0. The van der Waals surface area contributed by atoms with E-state index in [0.29, 0.717) is 0 Å². The summed E-state index contributed by atoms with van der Waals surface area (Å²) < 4.78 is 4.80. The molecule has 1 aliphatic carbocycles. The van der Waals surface area contributed by atoms with Gasteiger partial charge in [-0.25, -0.2) is 0 Å². The number of hydrogen-bond acceptors (Lipinski definition) is 3. The van der Waals surface area contributed by atoms with Crippen LogP contribution in [0.3, 0.4) is 0 Å². The molecule has 1 heterocycles. The first-order valence-corrected chi connectivity index (χ1v) is 5.23. The highest BCUT2D eigenvalue weighted by atomic mass is 35.5. The van der Waals surface area contributed by atoms with Crippen molar-refractivity contribution in [2.75, 3.05) is 0 Å². The Morgan fingerprint density at radius 2 is 2.07 bits per heavy atom. The number of hydrogen-bond donors (Lipinski definition) is 0. The van der Waals surface area contributed by atoms with Gasteiger partial charge in [0, 0.05) is 5.02 Å². The van der Waals surface area contributed by atoms with Crippen molar-refractivity contribution in [2.24, 2.45) is 0 Å². The van der Waals surface area contributed by atoms with Gasteiger partial charge in [-0.2, -0.15) is 4.98 Å². The Labute approximate surface area is 92.1 Å². The maximum atomic E-state index is 6.18. The summed E-state index contributed by atoms with van der Waals surface area (Å²) in [6, 6.07) is 7.85. The summed E-state index contributed by atoms with van der Waals surface area (Å²) in [5, 5.41) is 4.70.